The number of hydrogen-bond acceptors (Lipinski definition) is 5. The summed E-state index contributed by atoms with van der Waals surface area (Å²) in [5.41, 5.74) is 8.02. The van der Waals surface area contributed by atoms with Crippen LogP contribution in [0.15, 0.2) is 67.3 Å². The van der Waals surface area contributed by atoms with Gasteiger partial charge in [-0.25, -0.2) is 4.98 Å². The van der Waals surface area contributed by atoms with Gasteiger partial charge >= 0.3 is 0 Å². The topological polar surface area (TPSA) is 85.5 Å². The zero-order valence-corrected chi connectivity index (χ0v) is 19.9. The van der Waals surface area contributed by atoms with Gasteiger partial charge < -0.3 is 15.2 Å². The molecule has 0 amide bonds. The normalized spacial score (nSPS) is 14.0. The summed E-state index contributed by atoms with van der Waals surface area (Å²) in [6, 6.07) is 12.7. The molecule has 4 aromatic heterocycles. The molecule has 6 rings (SSSR count). The van der Waals surface area contributed by atoms with Crippen molar-refractivity contribution < 1.29 is 0 Å². The third-order valence-electron chi connectivity index (χ3n) is 6.82. The van der Waals surface area contributed by atoms with Crippen molar-refractivity contribution in [1.29, 1.82) is 0 Å². The quantitative estimate of drug-likeness (QED) is 0.268. The zero-order chi connectivity index (χ0) is 23.8. The van der Waals surface area contributed by atoms with E-state index in [2.05, 4.69) is 74.2 Å². The first-order valence-electron chi connectivity index (χ1n) is 12.3. The summed E-state index contributed by atoms with van der Waals surface area (Å²) < 4.78 is 0. The summed E-state index contributed by atoms with van der Waals surface area (Å²) in [6.07, 6.45) is 10.2. The Morgan fingerprint density at radius 1 is 1.00 bits per heavy atom. The molecule has 5 heterocycles. The van der Waals surface area contributed by atoms with Gasteiger partial charge in [-0.1, -0.05) is 19.6 Å². The number of pyridine rings is 2. The van der Waals surface area contributed by atoms with Crippen LogP contribution in [0.25, 0.3) is 44.3 Å². The lowest BCUT2D eigenvalue weighted by molar-refractivity contribution is 0.575. The molecule has 0 unspecified atom stereocenters. The highest BCUT2D eigenvalue weighted by Crippen LogP contribution is 2.35. The van der Waals surface area contributed by atoms with E-state index in [1.807, 2.05) is 24.7 Å². The number of anilines is 2. The summed E-state index contributed by atoms with van der Waals surface area (Å²) in [6.45, 7) is 8.25. The van der Waals surface area contributed by atoms with Crippen LogP contribution < -0.4 is 10.2 Å². The van der Waals surface area contributed by atoms with Crippen LogP contribution in [-0.2, 0) is 0 Å². The number of aromatic nitrogens is 5. The molecule has 0 atom stereocenters. The predicted molar refractivity (Wildman–Crippen MR) is 144 cm³/mol. The van der Waals surface area contributed by atoms with Crippen LogP contribution in [0.4, 0.5) is 11.5 Å². The third-order valence-corrected chi connectivity index (χ3v) is 6.82. The first-order valence-corrected chi connectivity index (χ1v) is 12.3. The Kier molecular flexibility index (Phi) is 5.45. The highest BCUT2D eigenvalue weighted by atomic mass is 15.2. The molecule has 1 aliphatic rings. The minimum atomic E-state index is 0.869. The molecule has 0 bridgehead atoms. The molecule has 1 fully saturated rings. The minimum absolute atomic E-state index is 0.869. The van der Waals surface area contributed by atoms with Crippen molar-refractivity contribution in [2.24, 2.45) is 0 Å². The number of nitrogens with one attached hydrogen (secondary N) is 3. The first-order chi connectivity index (χ1) is 17.2. The Balaban J connectivity index is 1.39. The molecular formula is C28H29N7. The van der Waals surface area contributed by atoms with Gasteiger partial charge in [0, 0.05) is 47.5 Å². The minimum Gasteiger partial charge on any atom is -0.358 e. The van der Waals surface area contributed by atoms with Gasteiger partial charge in [0.05, 0.1) is 28.6 Å². The molecule has 1 aromatic carbocycles. The number of nitrogens with zero attached hydrogens (tertiary/aromatic N) is 4. The lowest BCUT2D eigenvalue weighted by Crippen LogP contribution is -2.30. The fourth-order valence-corrected chi connectivity index (χ4v) is 4.88. The highest BCUT2D eigenvalue weighted by Gasteiger charge is 2.18. The van der Waals surface area contributed by atoms with E-state index in [1.165, 1.54) is 19.3 Å². The van der Waals surface area contributed by atoms with Crippen molar-refractivity contribution in [2.75, 3.05) is 23.3 Å². The third kappa shape index (κ3) is 4.03. The van der Waals surface area contributed by atoms with Crippen LogP contribution in [0, 0.1) is 0 Å². The highest BCUT2D eigenvalue weighted by molar-refractivity contribution is 6.00. The number of H-pyrrole nitrogens is 2. The van der Waals surface area contributed by atoms with Crippen molar-refractivity contribution in [3.05, 3.63) is 67.3 Å². The summed E-state index contributed by atoms with van der Waals surface area (Å²) in [7, 11) is 0. The van der Waals surface area contributed by atoms with E-state index in [9.17, 15) is 0 Å². The number of allylic oxidation sites excluding steroid dienone is 1. The van der Waals surface area contributed by atoms with E-state index in [4.69, 9.17) is 4.98 Å². The molecule has 3 N–H and O–H groups in total. The lowest BCUT2D eigenvalue weighted by atomic mass is 10.0. The number of aromatic amines is 2. The maximum Gasteiger partial charge on any atom is 0.137 e. The first kappa shape index (κ1) is 21.4. The molecule has 0 radical (unpaired) electrons. The molecule has 7 heteroatoms. The molecule has 0 saturated carbocycles. The molecule has 1 aliphatic heterocycles. The number of piperidine rings is 1. The number of hydrogen-bond donors (Lipinski definition) is 3. The Morgan fingerprint density at radius 3 is 2.74 bits per heavy atom. The Morgan fingerprint density at radius 2 is 1.89 bits per heavy atom. The second-order valence-electron chi connectivity index (χ2n) is 9.20. The fourth-order valence-electron chi connectivity index (χ4n) is 4.88. The average molecular weight is 464 g/mol. The van der Waals surface area contributed by atoms with Crippen LogP contribution in [0.2, 0.25) is 0 Å². The lowest BCUT2D eigenvalue weighted by Gasteiger charge is -2.28. The summed E-state index contributed by atoms with van der Waals surface area (Å²) >= 11 is 0. The molecule has 5 aromatic rings. The monoisotopic (exact) mass is 463 g/mol. The Hall–Kier alpha value is -4.13. The van der Waals surface area contributed by atoms with E-state index in [0.717, 1.165) is 81.0 Å². The number of benzene rings is 1. The smallest absolute Gasteiger partial charge is 0.137 e. The van der Waals surface area contributed by atoms with E-state index >= 15 is 0 Å². The van der Waals surface area contributed by atoms with Crippen LogP contribution in [0.3, 0.4) is 0 Å². The molecule has 176 valence electrons. The molecule has 1 saturated heterocycles. The molecular weight excluding hydrogens is 434 g/mol. The molecule has 0 spiro atoms. The van der Waals surface area contributed by atoms with Gasteiger partial charge in [0.25, 0.3) is 0 Å². The summed E-state index contributed by atoms with van der Waals surface area (Å²) in [4.78, 5) is 15.2. The van der Waals surface area contributed by atoms with Gasteiger partial charge in [0.1, 0.15) is 11.5 Å². The largest absolute Gasteiger partial charge is 0.358 e. The van der Waals surface area contributed by atoms with Crippen LogP contribution in [0.5, 0.6) is 0 Å². The average Bonchev–Trinajstić information content (AvgIpc) is 3.53. The number of fused-ring (bicyclic) bond motifs is 2. The standard InChI is InChI=1S/C28H29N7/c1-3-18(2)31-21-13-20(16-29-17-21)19-7-8-25-22(14-19)27(34-33-25)26-15-23-24(32-26)9-10-30-28(23)35-11-5-4-6-12-35/h7-10,13-17,31-32H,2-6,11-12H2,1H3,(H,33,34). The summed E-state index contributed by atoms with van der Waals surface area (Å²) in [5, 5.41) is 13.4. The maximum absolute atomic E-state index is 4.73. The van der Waals surface area contributed by atoms with E-state index in [1.54, 1.807) is 0 Å². The van der Waals surface area contributed by atoms with Crippen molar-refractivity contribution in [2.45, 2.75) is 32.6 Å². The van der Waals surface area contributed by atoms with Gasteiger partial charge in [0.2, 0.25) is 0 Å². The predicted octanol–water partition coefficient (Wildman–Crippen LogP) is 6.49. The van der Waals surface area contributed by atoms with Crippen LogP contribution in [-0.4, -0.2) is 38.2 Å². The van der Waals surface area contributed by atoms with Crippen molar-refractivity contribution >= 4 is 33.3 Å². The van der Waals surface area contributed by atoms with Gasteiger partial charge in [0.15, 0.2) is 0 Å². The Bertz CT molecular complexity index is 1520. The van der Waals surface area contributed by atoms with Gasteiger partial charge in [-0.2, -0.15) is 5.10 Å². The van der Waals surface area contributed by atoms with Gasteiger partial charge in [-0.15, -0.1) is 0 Å². The number of rotatable bonds is 6. The SMILES string of the molecule is C=C(CC)Nc1cncc(-c2ccc3[nH]nc(-c4cc5c(N6CCCCC6)nccc5[nH]4)c3c2)c1. The summed E-state index contributed by atoms with van der Waals surface area (Å²) in [5.74, 6) is 1.06. The zero-order valence-electron chi connectivity index (χ0n) is 19.9. The van der Waals surface area contributed by atoms with E-state index in [-0.39, 0.29) is 0 Å². The Labute approximate surface area is 204 Å². The molecule has 7 nitrogen and oxygen atoms in total. The second kappa shape index (κ2) is 8.91. The maximum atomic E-state index is 4.73. The van der Waals surface area contributed by atoms with Gasteiger partial charge in [-0.3, -0.25) is 10.1 Å². The van der Waals surface area contributed by atoms with Crippen molar-refractivity contribution in [1.82, 2.24) is 25.1 Å². The van der Waals surface area contributed by atoms with Gasteiger partial charge in [-0.05, 0) is 61.6 Å². The van der Waals surface area contributed by atoms with Crippen molar-refractivity contribution in [3.8, 4) is 22.5 Å². The second-order valence-corrected chi connectivity index (χ2v) is 9.20. The fraction of sp³-hybridized carbons (Fsp3) is 0.250. The van der Waals surface area contributed by atoms with E-state index in [0.29, 0.717) is 0 Å². The molecule has 0 aliphatic carbocycles. The van der Waals surface area contributed by atoms with E-state index < -0.39 is 0 Å². The molecule has 35 heavy (non-hydrogen) atoms. The van der Waals surface area contributed by atoms with Crippen LogP contribution in [0.1, 0.15) is 32.6 Å². The van der Waals surface area contributed by atoms with Crippen LogP contribution >= 0.6 is 0 Å². The van der Waals surface area contributed by atoms with Crippen molar-refractivity contribution in [3.63, 3.8) is 0 Å².